The van der Waals surface area contributed by atoms with Crippen LogP contribution in [0, 0.1) is 0 Å². The second-order valence-corrected chi connectivity index (χ2v) is 22.1. The van der Waals surface area contributed by atoms with Gasteiger partial charge in [0.2, 0.25) is 5.91 Å². The molecule has 0 saturated carbocycles. The summed E-state index contributed by atoms with van der Waals surface area (Å²) in [4.78, 5) is 25.1. The Balaban J connectivity index is 1.97. The Labute approximate surface area is 448 Å². The number of unbranched alkanes of at least 4 members (excludes halogenated alkanes) is 41. The van der Waals surface area contributed by atoms with Crippen molar-refractivity contribution in [3.8, 4) is 0 Å². The van der Waals surface area contributed by atoms with E-state index in [1.54, 1.807) is 6.08 Å². The first kappa shape index (κ1) is 69.4. The molecular weight excluding hydrogens is 919 g/mol. The third-order valence-electron chi connectivity index (χ3n) is 15.2. The SMILES string of the molecule is CCCCCCCCC/C=C/C(O)C(COC1OC(CO)C(O)C(O)C1O)NC(=O)CCCCCCCCCCCCCCCCCCCCCCCCOC(=O)CCCCCCCCCCCCCCCC. The summed E-state index contributed by atoms with van der Waals surface area (Å²) in [5.41, 5.74) is 0. The molecule has 1 rings (SSSR count). The molecule has 1 amide bonds. The molecule has 7 atom stereocenters. The minimum Gasteiger partial charge on any atom is -0.466 e. The summed E-state index contributed by atoms with van der Waals surface area (Å²) in [7, 11) is 0. The average molecular weight is 1040 g/mol. The maximum atomic E-state index is 13.0. The van der Waals surface area contributed by atoms with Crippen LogP contribution in [0.5, 0.6) is 0 Å². The zero-order valence-electron chi connectivity index (χ0n) is 47.6. The van der Waals surface area contributed by atoms with Crippen LogP contribution in [0.25, 0.3) is 0 Å². The summed E-state index contributed by atoms with van der Waals surface area (Å²) < 4.78 is 16.7. The van der Waals surface area contributed by atoms with E-state index in [1.807, 2.05) is 6.08 Å². The first-order valence-corrected chi connectivity index (χ1v) is 31.5. The Morgan fingerprint density at radius 3 is 1.27 bits per heavy atom. The number of esters is 1. The zero-order chi connectivity index (χ0) is 53.1. The van der Waals surface area contributed by atoms with Gasteiger partial charge < -0.3 is 45.1 Å². The van der Waals surface area contributed by atoms with Gasteiger partial charge in [-0.3, -0.25) is 9.59 Å². The van der Waals surface area contributed by atoms with E-state index in [-0.39, 0.29) is 18.5 Å². The van der Waals surface area contributed by atoms with E-state index in [0.29, 0.717) is 19.4 Å². The highest BCUT2D eigenvalue weighted by Gasteiger charge is 2.44. The first-order valence-electron chi connectivity index (χ1n) is 31.5. The van der Waals surface area contributed by atoms with Crippen molar-refractivity contribution >= 4 is 11.9 Å². The summed E-state index contributed by atoms with van der Waals surface area (Å²) in [6.45, 7) is 4.34. The van der Waals surface area contributed by atoms with E-state index in [1.165, 1.54) is 225 Å². The van der Waals surface area contributed by atoms with Crippen LogP contribution in [0.3, 0.4) is 0 Å². The van der Waals surface area contributed by atoms with Gasteiger partial charge in [-0.15, -0.1) is 0 Å². The van der Waals surface area contributed by atoms with Crippen LogP contribution >= 0.6 is 0 Å². The number of carbonyl (C=O) groups is 2. The molecule has 7 unspecified atom stereocenters. The molecule has 1 fully saturated rings. The number of amides is 1. The summed E-state index contributed by atoms with van der Waals surface area (Å²) in [5, 5.41) is 54.2. The lowest BCUT2D eigenvalue weighted by atomic mass is 9.99. The van der Waals surface area contributed by atoms with Crippen LogP contribution in [0.4, 0.5) is 0 Å². The Morgan fingerprint density at radius 1 is 0.493 bits per heavy atom. The molecule has 0 bridgehead atoms. The standard InChI is InChI=1S/C62H119NO10/c1-3-5-7-9-11-13-14-15-27-30-34-38-42-46-50-58(67)71-51-47-43-39-35-31-28-25-23-21-19-17-16-18-20-22-24-26-29-33-37-41-45-49-57(66)63-54(55(65)48-44-40-36-32-12-10-8-6-4-2)53-72-62-61(70)60(69)59(68)56(52-64)73-62/h44,48,54-56,59-62,64-65,68-70H,3-43,45-47,49-53H2,1-2H3,(H,63,66)/b48-44+. The molecule has 0 spiro atoms. The maximum Gasteiger partial charge on any atom is 0.305 e. The molecule has 6 N–H and O–H groups in total. The molecule has 0 aromatic rings. The smallest absolute Gasteiger partial charge is 0.305 e. The van der Waals surface area contributed by atoms with Crippen molar-refractivity contribution in [2.45, 2.75) is 352 Å². The minimum atomic E-state index is -1.57. The predicted molar refractivity (Wildman–Crippen MR) is 301 cm³/mol. The summed E-state index contributed by atoms with van der Waals surface area (Å²) in [5.74, 6) is -0.179. The molecule has 1 heterocycles. The molecule has 0 aromatic carbocycles. The van der Waals surface area contributed by atoms with Gasteiger partial charge >= 0.3 is 5.97 Å². The molecule has 1 saturated heterocycles. The molecule has 1 aliphatic heterocycles. The van der Waals surface area contributed by atoms with E-state index < -0.39 is 49.5 Å². The summed E-state index contributed by atoms with van der Waals surface area (Å²) >= 11 is 0. The Hall–Kier alpha value is -1.60. The number of rotatable bonds is 55. The van der Waals surface area contributed by atoms with Crippen LogP contribution in [-0.4, -0.2) is 100 Å². The van der Waals surface area contributed by atoms with E-state index in [4.69, 9.17) is 14.2 Å². The minimum absolute atomic E-state index is 0.00354. The topological polar surface area (TPSA) is 175 Å². The van der Waals surface area contributed by atoms with Crippen molar-refractivity contribution in [1.29, 1.82) is 0 Å². The normalized spacial score (nSPS) is 18.9. The number of allylic oxidation sites excluding steroid dienone is 1. The van der Waals surface area contributed by atoms with Crippen LogP contribution in [0.2, 0.25) is 0 Å². The van der Waals surface area contributed by atoms with Crippen LogP contribution in [0.15, 0.2) is 12.2 Å². The Morgan fingerprint density at radius 2 is 0.863 bits per heavy atom. The largest absolute Gasteiger partial charge is 0.466 e. The van der Waals surface area contributed by atoms with Crippen LogP contribution in [-0.2, 0) is 23.8 Å². The van der Waals surface area contributed by atoms with Gasteiger partial charge in [0.15, 0.2) is 6.29 Å². The lowest BCUT2D eigenvalue weighted by molar-refractivity contribution is -0.302. The monoisotopic (exact) mass is 1040 g/mol. The summed E-state index contributed by atoms with van der Waals surface area (Å²) in [6, 6.07) is -0.807. The van der Waals surface area contributed by atoms with Gasteiger partial charge in [-0.2, -0.15) is 0 Å². The van der Waals surface area contributed by atoms with Crippen molar-refractivity contribution in [3.63, 3.8) is 0 Å². The molecule has 0 aliphatic carbocycles. The second-order valence-electron chi connectivity index (χ2n) is 22.1. The zero-order valence-corrected chi connectivity index (χ0v) is 47.6. The number of nitrogens with one attached hydrogen (secondary N) is 1. The van der Waals surface area contributed by atoms with Gasteiger partial charge in [0.05, 0.1) is 32.0 Å². The maximum absolute atomic E-state index is 13.0. The average Bonchev–Trinajstić information content (AvgIpc) is 3.39. The third kappa shape index (κ3) is 42.1. The van der Waals surface area contributed by atoms with Gasteiger partial charge in [0.1, 0.15) is 24.4 Å². The van der Waals surface area contributed by atoms with Crippen molar-refractivity contribution in [2.24, 2.45) is 0 Å². The quantitative estimate of drug-likeness (QED) is 0.0195. The fourth-order valence-corrected chi connectivity index (χ4v) is 10.1. The van der Waals surface area contributed by atoms with Gasteiger partial charge in [-0.25, -0.2) is 0 Å². The summed E-state index contributed by atoms with van der Waals surface area (Å²) in [6.07, 6.45) is 51.8. The van der Waals surface area contributed by atoms with Gasteiger partial charge in [0, 0.05) is 12.8 Å². The van der Waals surface area contributed by atoms with Crippen LogP contribution < -0.4 is 5.32 Å². The molecule has 11 heteroatoms. The fourth-order valence-electron chi connectivity index (χ4n) is 10.1. The van der Waals surface area contributed by atoms with Gasteiger partial charge in [-0.05, 0) is 32.1 Å². The first-order chi connectivity index (χ1) is 35.7. The van der Waals surface area contributed by atoms with Crippen LogP contribution in [0.1, 0.15) is 309 Å². The molecule has 73 heavy (non-hydrogen) atoms. The Bertz CT molecular complexity index is 1220. The third-order valence-corrected chi connectivity index (χ3v) is 15.2. The molecule has 432 valence electrons. The van der Waals surface area contributed by atoms with Crippen molar-refractivity contribution in [1.82, 2.24) is 5.32 Å². The van der Waals surface area contributed by atoms with E-state index >= 15 is 0 Å². The number of hydrogen-bond acceptors (Lipinski definition) is 10. The highest BCUT2D eigenvalue weighted by Crippen LogP contribution is 2.23. The lowest BCUT2D eigenvalue weighted by Crippen LogP contribution is -2.60. The number of carbonyl (C=O) groups excluding carboxylic acids is 2. The molecule has 11 nitrogen and oxygen atoms in total. The van der Waals surface area contributed by atoms with Gasteiger partial charge in [0.25, 0.3) is 0 Å². The van der Waals surface area contributed by atoms with Crippen molar-refractivity contribution < 1.29 is 49.3 Å². The van der Waals surface area contributed by atoms with E-state index in [0.717, 1.165) is 57.8 Å². The molecular formula is C62H119NO10. The van der Waals surface area contributed by atoms with Gasteiger partial charge in [-0.1, -0.05) is 276 Å². The highest BCUT2D eigenvalue weighted by atomic mass is 16.7. The molecule has 0 aromatic heterocycles. The number of hydrogen-bond donors (Lipinski definition) is 6. The van der Waals surface area contributed by atoms with Crippen molar-refractivity contribution in [2.75, 3.05) is 19.8 Å². The number of aliphatic hydroxyl groups excluding tert-OH is 5. The lowest BCUT2D eigenvalue weighted by Gasteiger charge is -2.40. The van der Waals surface area contributed by atoms with E-state index in [9.17, 15) is 35.1 Å². The van der Waals surface area contributed by atoms with Crippen molar-refractivity contribution in [3.05, 3.63) is 12.2 Å². The second kappa shape index (κ2) is 52.5. The molecule has 1 aliphatic rings. The highest BCUT2D eigenvalue weighted by molar-refractivity contribution is 5.76. The molecule has 0 radical (unpaired) electrons. The van der Waals surface area contributed by atoms with E-state index in [2.05, 4.69) is 19.2 Å². The number of aliphatic hydroxyl groups is 5. The Kier molecular flexibility index (Phi) is 49.9. The fraction of sp³-hybridized carbons (Fsp3) is 0.935. The predicted octanol–water partition coefficient (Wildman–Crippen LogP) is 14.7. The number of ether oxygens (including phenoxy) is 3.